The van der Waals surface area contributed by atoms with E-state index in [1.807, 2.05) is 0 Å². The van der Waals surface area contributed by atoms with Crippen LogP contribution in [-0.4, -0.2) is 4.40 Å². The lowest BCUT2D eigenvalue weighted by Crippen LogP contribution is -1.85. The van der Waals surface area contributed by atoms with Crippen LogP contribution in [0.1, 0.15) is 0 Å². The van der Waals surface area contributed by atoms with Gasteiger partial charge in [-0.2, -0.15) is 0 Å². The van der Waals surface area contributed by atoms with E-state index in [1.54, 1.807) is 0 Å². The molecule has 0 aliphatic carbocycles. The number of rotatable bonds is 2. The summed E-state index contributed by atoms with van der Waals surface area (Å²) in [6.45, 7) is 0. The molecule has 2 heteroatoms. The molecule has 4 rings (SSSR count). The Hall–Kier alpha value is -2.37. The molecule has 0 saturated heterocycles. The van der Waals surface area contributed by atoms with Gasteiger partial charge < -0.3 is 4.40 Å². The standard InChI is InChI=1S/C19H14NP/c1-3-9-15(10-4-1)18-17-13-7-8-14-20(17)19(21-18)16-11-5-2-6-12-16/h1-14H. The van der Waals surface area contributed by atoms with Gasteiger partial charge in [-0.3, -0.25) is 0 Å². The second-order valence-corrected chi connectivity index (χ2v) is 6.07. The molecule has 0 spiro atoms. The SMILES string of the molecule is c1ccc(-c2pc(-c3ccccc3)n3ccccc23)cc1. The van der Waals surface area contributed by atoms with Crippen LogP contribution in [0.2, 0.25) is 0 Å². The molecule has 100 valence electrons. The molecule has 0 saturated carbocycles. The molecule has 0 bridgehead atoms. The Balaban J connectivity index is 2.02. The highest BCUT2D eigenvalue weighted by atomic mass is 31.0. The van der Waals surface area contributed by atoms with E-state index >= 15 is 0 Å². The van der Waals surface area contributed by atoms with Crippen molar-refractivity contribution in [1.82, 2.24) is 4.40 Å². The lowest BCUT2D eigenvalue weighted by atomic mass is 10.1. The molecule has 0 aliphatic rings. The molecule has 2 aromatic heterocycles. The predicted octanol–water partition coefficient (Wildman–Crippen LogP) is 5.85. The van der Waals surface area contributed by atoms with E-state index in [9.17, 15) is 0 Å². The number of nitrogens with zero attached hydrogens (tertiary/aromatic N) is 1. The normalized spacial score (nSPS) is 11.2. The first-order valence-electron chi connectivity index (χ1n) is 7.01. The van der Waals surface area contributed by atoms with Gasteiger partial charge in [0.15, 0.2) is 0 Å². The Kier molecular flexibility index (Phi) is 3.06. The second-order valence-electron chi connectivity index (χ2n) is 4.97. The van der Waals surface area contributed by atoms with E-state index < -0.39 is 0 Å². The van der Waals surface area contributed by atoms with E-state index in [0.29, 0.717) is 0 Å². The molecule has 0 fully saturated rings. The Morgan fingerprint density at radius 2 is 1.24 bits per heavy atom. The number of pyridine rings is 1. The minimum atomic E-state index is 1.26. The van der Waals surface area contributed by atoms with Crippen LogP contribution >= 0.6 is 8.19 Å². The maximum absolute atomic E-state index is 2.30. The summed E-state index contributed by atoms with van der Waals surface area (Å²) in [5.41, 5.74) is 5.18. The summed E-state index contributed by atoms with van der Waals surface area (Å²) in [6.07, 6.45) is 2.15. The Morgan fingerprint density at radius 1 is 0.619 bits per heavy atom. The molecule has 0 radical (unpaired) electrons. The third-order valence-electron chi connectivity index (χ3n) is 3.63. The summed E-state index contributed by atoms with van der Waals surface area (Å²) < 4.78 is 2.30. The van der Waals surface area contributed by atoms with E-state index in [0.717, 1.165) is 0 Å². The molecule has 0 N–H and O–H groups in total. The third kappa shape index (κ3) is 2.16. The average Bonchev–Trinajstić information content (AvgIpc) is 2.96. The topological polar surface area (TPSA) is 4.41 Å². The van der Waals surface area contributed by atoms with Crippen LogP contribution in [0.3, 0.4) is 0 Å². The van der Waals surface area contributed by atoms with Crippen LogP contribution in [0, 0.1) is 0 Å². The van der Waals surface area contributed by atoms with Gasteiger partial charge in [-0.05, 0) is 25.9 Å². The van der Waals surface area contributed by atoms with Crippen molar-refractivity contribution in [2.45, 2.75) is 0 Å². The first kappa shape index (κ1) is 12.4. The lowest BCUT2D eigenvalue weighted by molar-refractivity contribution is 1.22. The molecule has 0 amide bonds. The van der Waals surface area contributed by atoms with Crippen molar-refractivity contribution in [2.24, 2.45) is 0 Å². The summed E-state index contributed by atoms with van der Waals surface area (Å²) in [4.78, 5) is 0. The first-order chi connectivity index (χ1) is 10.4. The van der Waals surface area contributed by atoms with E-state index in [1.165, 1.54) is 35.6 Å². The van der Waals surface area contributed by atoms with Gasteiger partial charge in [-0.15, -0.1) is 0 Å². The number of fused-ring (bicyclic) bond motifs is 1. The number of hydrogen-bond acceptors (Lipinski definition) is 0. The maximum atomic E-state index is 2.30. The highest BCUT2D eigenvalue weighted by Crippen LogP contribution is 2.42. The van der Waals surface area contributed by atoms with Gasteiger partial charge in [-0.25, -0.2) is 0 Å². The summed E-state index contributed by atoms with van der Waals surface area (Å²) in [7, 11) is 1.26. The minimum absolute atomic E-state index is 1.26. The van der Waals surface area contributed by atoms with Gasteiger partial charge >= 0.3 is 0 Å². The fraction of sp³-hybridized carbons (Fsp3) is 0. The quantitative estimate of drug-likeness (QED) is 0.435. The zero-order valence-corrected chi connectivity index (χ0v) is 12.4. The van der Waals surface area contributed by atoms with Crippen molar-refractivity contribution in [2.75, 3.05) is 0 Å². The predicted molar refractivity (Wildman–Crippen MR) is 90.8 cm³/mol. The van der Waals surface area contributed by atoms with Crippen molar-refractivity contribution in [3.63, 3.8) is 0 Å². The van der Waals surface area contributed by atoms with Gasteiger partial charge in [0.25, 0.3) is 0 Å². The Morgan fingerprint density at radius 3 is 1.95 bits per heavy atom. The van der Waals surface area contributed by atoms with Gasteiger partial charge in [0.1, 0.15) is 0 Å². The van der Waals surface area contributed by atoms with Crippen LogP contribution < -0.4 is 0 Å². The summed E-state index contributed by atoms with van der Waals surface area (Å²) in [5, 5.41) is 1.37. The zero-order valence-electron chi connectivity index (χ0n) is 11.5. The lowest BCUT2D eigenvalue weighted by Gasteiger charge is -2.01. The van der Waals surface area contributed by atoms with Crippen LogP contribution in [0.4, 0.5) is 0 Å². The van der Waals surface area contributed by atoms with Gasteiger partial charge in [-0.1, -0.05) is 66.7 Å². The monoisotopic (exact) mass is 287 g/mol. The van der Waals surface area contributed by atoms with Crippen LogP contribution in [0.15, 0.2) is 85.1 Å². The van der Waals surface area contributed by atoms with E-state index in [-0.39, 0.29) is 0 Å². The largest absolute Gasteiger partial charge is 0.312 e. The van der Waals surface area contributed by atoms with Crippen molar-refractivity contribution >= 4 is 13.7 Å². The zero-order chi connectivity index (χ0) is 14.1. The number of aromatic nitrogens is 1. The average molecular weight is 287 g/mol. The minimum Gasteiger partial charge on any atom is -0.312 e. The van der Waals surface area contributed by atoms with Crippen LogP contribution in [0.5, 0.6) is 0 Å². The smallest absolute Gasteiger partial charge is 0.0808 e. The Bertz CT molecular complexity index is 806. The van der Waals surface area contributed by atoms with Gasteiger partial charge in [0, 0.05) is 17.1 Å². The van der Waals surface area contributed by atoms with Crippen molar-refractivity contribution in [3.05, 3.63) is 85.1 Å². The fourth-order valence-corrected chi connectivity index (χ4v) is 3.98. The van der Waals surface area contributed by atoms with Crippen LogP contribution in [0.25, 0.3) is 27.4 Å². The number of benzene rings is 2. The molecule has 2 aromatic carbocycles. The molecule has 1 nitrogen and oxygen atoms in total. The summed E-state index contributed by atoms with van der Waals surface area (Å²) in [5.74, 6) is 0. The van der Waals surface area contributed by atoms with Crippen molar-refractivity contribution in [3.8, 4) is 21.8 Å². The molecule has 0 atom stereocenters. The molecule has 21 heavy (non-hydrogen) atoms. The molecule has 2 heterocycles. The van der Waals surface area contributed by atoms with E-state index in [2.05, 4.69) is 89.5 Å². The summed E-state index contributed by atoms with van der Waals surface area (Å²) in [6, 6.07) is 27.7. The molecule has 0 aliphatic heterocycles. The summed E-state index contributed by atoms with van der Waals surface area (Å²) >= 11 is 0. The highest BCUT2D eigenvalue weighted by molar-refractivity contribution is 7.38. The maximum Gasteiger partial charge on any atom is 0.0808 e. The van der Waals surface area contributed by atoms with Crippen LogP contribution in [-0.2, 0) is 0 Å². The molecular weight excluding hydrogens is 273 g/mol. The third-order valence-corrected chi connectivity index (χ3v) is 5.02. The molecule has 4 aromatic rings. The Labute approximate surface area is 125 Å². The number of hydrogen-bond donors (Lipinski definition) is 0. The fourth-order valence-electron chi connectivity index (χ4n) is 2.64. The van der Waals surface area contributed by atoms with Gasteiger partial charge in [0.2, 0.25) is 0 Å². The highest BCUT2D eigenvalue weighted by Gasteiger charge is 2.12. The second kappa shape index (κ2) is 5.20. The molecule has 0 unspecified atom stereocenters. The van der Waals surface area contributed by atoms with E-state index in [4.69, 9.17) is 0 Å². The van der Waals surface area contributed by atoms with Gasteiger partial charge in [0.05, 0.1) is 10.9 Å². The molecular formula is C19H14NP. The van der Waals surface area contributed by atoms with Crippen molar-refractivity contribution < 1.29 is 0 Å². The first-order valence-corrected chi connectivity index (χ1v) is 7.91. The van der Waals surface area contributed by atoms with Crippen molar-refractivity contribution in [1.29, 1.82) is 0 Å².